The number of nitrogens with one attached hydrogen (secondary N) is 1. The number of benzene rings is 2. The van der Waals surface area contributed by atoms with E-state index in [1.807, 2.05) is 13.8 Å². The van der Waals surface area contributed by atoms with Crippen molar-refractivity contribution in [3.8, 4) is 11.5 Å². The number of Topliss-reactive ketones (excluding diaryl/α,β-unsaturated/α-hetero) is 1. The molecular formula is C20H20N2O5. The topological polar surface area (TPSA) is 96.9 Å². The second-order valence-corrected chi connectivity index (χ2v) is 6.34. The zero-order valence-corrected chi connectivity index (χ0v) is 15.2. The van der Waals surface area contributed by atoms with E-state index >= 15 is 0 Å². The molecule has 1 aliphatic rings. The minimum Gasteiger partial charge on any atom is -0.872 e. The highest BCUT2D eigenvalue weighted by atomic mass is 16.6. The number of hydrogen-bond donors (Lipinski definition) is 1. The zero-order chi connectivity index (χ0) is 19.6. The normalized spacial score (nSPS) is 14.5. The molecule has 140 valence electrons. The van der Waals surface area contributed by atoms with Crippen LogP contribution in [0.5, 0.6) is 11.5 Å². The number of non-ortho nitro benzene ring substituents is 1. The third-order valence-corrected chi connectivity index (χ3v) is 4.73. The van der Waals surface area contributed by atoms with Gasteiger partial charge in [0.25, 0.3) is 5.69 Å². The van der Waals surface area contributed by atoms with Gasteiger partial charge in [0, 0.05) is 17.7 Å². The molecule has 1 aliphatic heterocycles. The Morgan fingerprint density at radius 1 is 1.11 bits per heavy atom. The first-order valence-corrected chi connectivity index (χ1v) is 8.79. The highest BCUT2D eigenvalue weighted by Gasteiger charge is 2.30. The fourth-order valence-corrected chi connectivity index (χ4v) is 3.05. The predicted molar refractivity (Wildman–Crippen MR) is 97.7 cm³/mol. The zero-order valence-electron chi connectivity index (χ0n) is 15.2. The van der Waals surface area contributed by atoms with Gasteiger partial charge in [0.2, 0.25) is 5.78 Å². The second kappa shape index (κ2) is 7.59. The maximum atomic E-state index is 12.7. The lowest BCUT2D eigenvalue weighted by Crippen LogP contribution is -3.10. The van der Waals surface area contributed by atoms with Crippen LogP contribution < -0.4 is 14.7 Å². The number of fused-ring (bicyclic) bond motifs is 1. The smallest absolute Gasteiger partial charge is 0.269 e. The number of nitrogens with zero attached hydrogens (tertiary/aromatic N) is 1. The van der Waals surface area contributed by atoms with Crippen LogP contribution in [0.15, 0.2) is 42.2 Å². The molecule has 0 aliphatic carbocycles. The summed E-state index contributed by atoms with van der Waals surface area (Å²) in [5.74, 6) is 0.0111. The molecule has 0 atom stereocenters. The number of allylic oxidation sites excluding steroid dienone is 1. The van der Waals surface area contributed by atoms with Crippen molar-refractivity contribution >= 4 is 17.5 Å². The van der Waals surface area contributed by atoms with Gasteiger partial charge in [-0.05, 0) is 43.7 Å². The van der Waals surface area contributed by atoms with Crippen LogP contribution in [0, 0.1) is 10.1 Å². The van der Waals surface area contributed by atoms with E-state index < -0.39 is 4.92 Å². The Kier molecular flexibility index (Phi) is 5.23. The molecule has 3 rings (SSSR count). The SMILES string of the molecule is CC[NH+](CC)Cc1c([O-])ccc2c1OC(=Cc1ccc([N+](=O)[O-])cc1)C2=O. The third kappa shape index (κ3) is 3.68. The van der Waals surface area contributed by atoms with Gasteiger partial charge in [-0.2, -0.15) is 0 Å². The van der Waals surface area contributed by atoms with Crippen LogP contribution in [0.4, 0.5) is 5.69 Å². The van der Waals surface area contributed by atoms with E-state index in [-0.39, 0.29) is 23.0 Å². The highest BCUT2D eigenvalue weighted by molar-refractivity contribution is 6.14. The Balaban J connectivity index is 1.93. The van der Waals surface area contributed by atoms with E-state index in [1.54, 1.807) is 12.1 Å². The van der Waals surface area contributed by atoms with Gasteiger partial charge < -0.3 is 14.7 Å². The highest BCUT2D eigenvalue weighted by Crippen LogP contribution is 2.38. The molecule has 1 heterocycles. The molecule has 2 aromatic carbocycles. The molecule has 0 bridgehead atoms. The molecular weight excluding hydrogens is 348 g/mol. The van der Waals surface area contributed by atoms with Gasteiger partial charge in [0.1, 0.15) is 12.3 Å². The summed E-state index contributed by atoms with van der Waals surface area (Å²) in [5.41, 5.74) is 1.46. The summed E-state index contributed by atoms with van der Waals surface area (Å²) in [4.78, 5) is 24.1. The predicted octanol–water partition coefficient (Wildman–Crippen LogP) is 1.71. The standard InChI is InChI=1S/C20H20N2O5/c1-3-21(4-2)12-16-17(23)10-9-15-19(24)18(27-20(15)16)11-13-5-7-14(8-6-13)22(25)26/h5-11,23H,3-4,12H2,1-2H3. The second-order valence-electron chi connectivity index (χ2n) is 6.34. The van der Waals surface area contributed by atoms with Crippen molar-refractivity contribution in [3.63, 3.8) is 0 Å². The van der Waals surface area contributed by atoms with Crippen LogP contribution >= 0.6 is 0 Å². The lowest BCUT2D eigenvalue weighted by Gasteiger charge is -2.21. The molecule has 0 saturated carbocycles. The van der Waals surface area contributed by atoms with Crippen LogP contribution in [-0.4, -0.2) is 23.8 Å². The van der Waals surface area contributed by atoms with Crippen LogP contribution in [-0.2, 0) is 6.54 Å². The maximum absolute atomic E-state index is 12.7. The Bertz CT molecular complexity index is 915. The lowest BCUT2D eigenvalue weighted by atomic mass is 10.0. The largest absolute Gasteiger partial charge is 0.872 e. The van der Waals surface area contributed by atoms with Gasteiger partial charge in [0.15, 0.2) is 5.76 Å². The van der Waals surface area contributed by atoms with Gasteiger partial charge in [-0.1, -0.05) is 11.8 Å². The quantitative estimate of drug-likeness (QED) is 0.476. The number of nitro groups is 1. The molecule has 0 fully saturated rings. The lowest BCUT2D eigenvalue weighted by molar-refractivity contribution is -0.910. The Hall–Kier alpha value is -3.19. The van der Waals surface area contributed by atoms with E-state index in [1.165, 1.54) is 35.2 Å². The Morgan fingerprint density at radius 3 is 2.37 bits per heavy atom. The van der Waals surface area contributed by atoms with Crippen LogP contribution in [0.3, 0.4) is 0 Å². The number of carbonyl (C=O) groups excluding carboxylic acids is 1. The number of ether oxygens (including phenoxy) is 1. The summed E-state index contributed by atoms with van der Waals surface area (Å²) in [6.07, 6.45) is 1.53. The van der Waals surface area contributed by atoms with Gasteiger partial charge in [-0.15, -0.1) is 0 Å². The monoisotopic (exact) mass is 368 g/mol. The summed E-state index contributed by atoms with van der Waals surface area (Å²) in [6, 6.07) is 8.73. The molecule has 7 heteroatoms. The number of ketones is 1. The Morgan fingerprint density at radius 2 is 1.78 bits per heavy atom. The molecule has 1 N–H and O–H groups in total. The van der Waals surface area contributed by atoms with Crippen molar-refractivity contribution in [2.24, 2.45) is 0 Å². The van der Waals surface area contributed by atoms with Crippen LogP contribution in [0.25, 0.3) is 6.08 Å². The summed E-state index contributed by atoms with van der Waals surface area (Å²) in [5, 5.41) is 23.1. The maximum Gasteiger partial charge on any atom is 0.269 e. The van der Waals surface area contributed by atoms with Gasteiger partial charge in [0.05, 0.1) is 23.6 Å². The third-order valence-electron chi connectivity index (χ3n) is 4.73. The van der Waals surface area contributed by atoms with Gasteiger partial charge in [-0.3, -0.25) is 14.9 Å². The molecule has 0 aromatic heterocycles. The summed E-state index contributed by atoms with van der Waals surface area (Å²) >= 11 is 0. The van der Waals surface area contributed by atoms with E-state index in [2.05, 4.69) is 0 Å². The number of rotatable bonds is 6. The van der Waals surface area contributed by atoms with Gasteiger partial charge in [-0.25, -0.2) is 0 Å². The van der Waals surface area contributed by atoms with Crippen molar-refractivity contribution in [2.75, 3.05) is 13.1 Å². The molecule has 0 saturated heterocycles. The molecule has 7 nitrogen and oxygen atoms in total. The number of carbonyl (C=O) groups is 1. The molecule has 0 unspecified atom stereocenters. The minimum absolute atomic E-state index is 0.0282. The van der Waals surface area contributed by atoms with Crippen molar-refractivity contribution in [1.29, 1.82) is 0 Å². The summed E-state index contributed by atoms with van der Waals surface area (Å²) < 4.78 is 5.77. The van der Waals surface area contributed by atoms with E-state index in [9.17, 15) is 20.0 Å². The number of hydrogen-bond acceptors (Lipinski definition) is 5. The molecule has 2 aromatic rings. The average Bonchev–Trinajstić information content (AvgIpc) is 2.97. The van der Waals surface area contributed by atoms with Gasteiger partial charge >= 0.3 is 0 Å². The molecule has 0 amide bonds. The van der Waals surface area contributed by atoms with E-state index in [4.69, 9.17) is 4.74 Å². The molecule has 0 spiro atoms. The molecule has 27 heavy (non-hydrogen) atoms. The molecule has 0 radical (unpaired) electrons. The van der Waals surface area contributed by atoms with Crippen LogP contribution in [0.1, 0.15) is 35.3 Å². The van der Waals surface area contributed by atoms with Crippen molar-refractivity contribution in [1.82, 2.24) is 0 Å². The first-order valence-electron chi connectivity index (χ1n) is 8.79. The Labute approximate surface area is 156 Å². The number of quaternary nitrogens is 1. The first kappa shape index (κ1) is 18.6. The number of nitro benzene ring substituents is 1. The van der Waals surface area contributed by atoms with Crippen LogP contribution in [0.2, 0.25) is 0 Å². The minimum atomic E-state index is -0.485. The summed E-state index contributed by atoms with van der Waals surface area (Å²) in [6.45, 7) is 6.29. The fraction of sp³-hybridized carbons (Fsp3) is 0.250. The van der Waals surface area contributed by atoms with Crippen molar-refractivity contribution in [2.45, 2.75) is 20.4 Å². The first-order chi connectivity index (χ1) is 12.9. The van der Waals surface area contributed by atoms with E-state index in [0.717, 1.165) is 13.1 Å². The summed E-state index contributed by atoms with van der Waals surface area (Å²) in [7, 11) is 0. The van der Waals surface area contributed by atoms with Crippen molar-refractivity contribution < 1.29 is 24.5 Å². The average molecular weight is 368 g/mol. The van der Waals surface area contributed by atoms with Crippen molar-refractivity contribution in [3.05, 3.63) is 69.0 Å². The fourth-order valence-electron chi connectivity index (χ4n) is 3.05. The van der Waals surface area contributed by atoms with E-state index in [0.29, 0.717) is 29.0 Å².